The topological polar surface area (TPSA) is 95.6 Å². The lowest BCUT2D eigenvalue weighted by atomic mass is 10.2. The van der Waals surface area contributed by atoms with Gasteiger partial charge in [-0.15, -0.1) is 11.3 Å². The third-order valence-electron chi connectivity index (χ3n) is 5.31. The van der Waals surface area contributed by atoms with E-state index in [0.29, 0.717) is 11.7 Å². The molecule has 0 amide bonds. The Morgan fingerprint density at radius 2 is 2.09 bits per heavy atom. The molecular formula is C21H24FN5O3S2. The molecule has 1 unspecified atom stereocenters. The molecule has 1 saturated heterocycles. The van der Waals surface area contributed by atoms with Crippen LogP contribution in [0.2, 0.25) is 0 Å². The number of thiazole rings is 1. The number of hydrogen-bond acceptors (Lipinski definition) is 8. The smallest absolute Gasteiger partial charge is 0.265 e. The van der Waals surface area contributed by atoms with Crippen LogP contribution in [0.1, 0.15) is 6.42 Å². The van der Waals surface area contributed by atoms with Crippen LogP contribution in [0, 0.1) is 5.82 Å². The van der Waals surface area contributed by atoms with Crippen molar-refractivity contribution in [3.8, 4) is 5.75 Å². The van der Waals surface area contributed by atoms with Gasteiger partial charge in [-0.2, -0.15) is 0 Å². The van der Waals surface area contributed by atoms with Crippen LogP contribution in [-0.2, 0) is 10.0 Å². The van der Waals surface area contributed by atoms with Gasteiger partial charge < -0.3 is 20.3 Å². The summed E-state index contributed by atoms with van der Waals surface area (Å²) >= 11 is 1.24. The quantitative estimate of drug-likeness (QED) is 0.456. The van der Waals surface area contributed by atoms with Gasteiger partial charge in [0.05, 0.1) is 24.0 Å². The average Bonchev–Trinajstić information content (AvgIpc) is 3.45. The van der Waals surface area contributed by atoms with Crippen LogP contribution in [0.5, 0.6) is 5.75 Å². The van der Waals surface area contributed by atoms with Gasteiger partial charge in [-0.1, -0.05) is 0 Å². The minimum atomic E-state index is -4.08. The maximum Gasteiger partial charge on any atom is 0.265 e. The number of methoxy groups -OCH3 is 1. The molecule has 32 heavy (non-hydrogen) atoms. The molecule has 4 rings (SSSR count). The Kier molecular flexibility index (Phi) is 6.49. The predicted molar refractivity (Wildman–Crippen MR) is 125 cm³/mol. The largest absolute Gasteiger partial charge is 0.497 e. The van der Waals surface area contributed by atoms with Crippen LogP contribution in [0.4, 0.5) is 27.3 Å². The van der Waals surface area contributed by atoms with Crippen molar-refractivity contribution in [2.45, 2.75) is 17.4 Å². The zero-order chi connectivity index (χ0) is 22.7. The molecule has 1 aromatic heterocycles. The standard InChI is InChI=1S/C21H24FN5O3S2/c1-23-15-7-8-27(11-15)19-10-16(30-2)4-5-18(19)25-14-3-6-20(17(22)9-14)32(28,29)26-21-12-31-13-24-21/h3-6,9-10,12-13,15,23,25-26H,7-8,11H2,1-2H3. The summed E-state index contributed by atoms with van der Waals surface area (Å²) in [6.45, 7) is 1.72. The predicted octanol–water partition coefficient (Wildman–Crippen LogP) is 3.63. The fraction of sp³-hybridized carbons (Fsp3) is 0.286. The monoisotopic (exact) mass is 477 g/mol. The van der Waals surface area contributed by atoms with Crippen molar-refractivity contribution in [3.05, 3.63) is 53.1 Å². The zero-order valence-electron chi connectivity index (χ0n) is 17.6. The molecule has 2 heterocycles. The number of aromatic nitrogens is 1. The van der Waals surface area contributed by atoms with E-state index >= 15 is 0 Å². The van der Waals surface area contributed by atoms with Crippen molar-refractivity contribution in [1.82, 2.24) is 10.3 Å². The molecular weight excluding hydrogens is 453 g/mol. The van der Waals surface area contributed by atoms with Crippen molar-refractivity contribution in [3.63, 3.8) is 0 Å². The highest BCUT2D eigenvalue weighted by atomic mass is 32.2. The van der Waals surface area contributed by atoms with E-state index in [4.69, 9.17) is 4.74 Å². The highest BCUT2D eigenvalue weighted by molar-refractivity contribution is 7.92. The van der Waals surface area contributed by atoms with Crippen LogP contribution < -0.4 is 25.0 Å². The minimum absolute atomic E-state index is 0.157. The molecule has 170 valence electrons. The molecule has 3 N–H and O–H groups in total. The number of anilines is 4. The van der Waals surface area contributed by atoms with Crippen molar-refractivity contribution in [2.24, 2.45) is 0 Å². The second kappa shape index (κ2) is 9.31. The maximum absolute atomic E-state index is 14.8. The molecule has 0 bridgehead atoms. The first-order valence-corrected chi connectivity index (χ1v) is 12.4. The summed E-state index contributed by atoms with van der Waals surface area (Å²) in [7, 11) is -0.526. The van der Waals surface area contributed by atoms with Crippen LogP contribution in [0.25, 0.3) is 0 Å². The zero-order valence-corrected chi connectivity index (χ0v) is 19.3. The minimum Gasteiger partial charge on any atom is -0.497 e. The lowest BCUT2D eigenvalue weighted by Crippen LogP contribution is -2.29. The van der Waals surface area contributed by atoms with Crippen LogP contribution >= 0.6 is 11.3 Å². The second-order valence-electron chi connectivity index (χ2n) is 7.35. The number of likely N-dealkylation sites (N-methyl/N-ethyl adjacent to an activating group) is 1. The van der Waals surface area contributed by atoms with Crippen LogP contribution in [-0.4, -0.2) is 46.7 Å². The summed E-state index contributed by atoms with van der Waals surface area (Å²) in [6, 6.07) is 9.96. The Morgan fingerprint density at radius 3 is 2.75 bits per heavy atom. The van der Waals surface area contributed by atoms with Gasteiger partial charge in [-0.25, -0.2) is 17.8 Å². The van der Waals surface area contributed by atoms with E-state index in [0.717, 1.165) is 36.6 Å². The Morgan fingerprint density at radius 1 is 1.25 bits per heavy atom. The van der Waals surface area contributed by atoms with E-state index in [2.05, 4.69) is 25.2 Å². The third kappa shape index (κ3) is 4.79. The number of sulfonamides is 1. The normalized spacial score (nSPS) is 16.2. The van der Waals surface area contributed by atoms with Crippen LogP contribution in [0.3, 0.4) is 0 Å². The van der Waals surface area contributed by atoms with Gasteiger partial charge in [0.25, 0.3) is 10.0 Å². The number of rotatable bonds is 8. The number of nitrogens with zero attached hydrogens (tertiary/aromatic N) is 2. The molecule has 0 radical (unpaired) electrons. The maximum atomic E-state index is 14.8. The van der Waals surface area contributed by atoms with E-state index in [1.165, 1.54) is 40.4 Å². The summed E-state index contributed by atoms with van der Waals surface area (Å²) in [5, 5.41) is 8.05. The third-order valence-corrected chi connectivity index (χ3v) is 7.29. The van der Waals surface area contributed by atoms with Crippen molar-refractivity contribution in [1.29, 1.82) is 0 Å². The van der Waals surface area contributed by atoms with Gasteiger partial charge in [0, 0.05) is 36.3 Å². The number of ether oxygens (including phenoxy) is 1. The SMILES string of the molecule is CNC1CCN(c2cc(OC)ccc2Nc2ccc(S(=O)(=O)Nc3cscn3)c(F)c2)C1. The van der Waals surface area contributed by atoms with Gasteiger partial charge in [-0.05, 0) is 43.8 Å². The Bertz CT molecular complexity index is 1190. The van der Waals surface area contributed by atoms with Gasteiger partial charge >= 0.3 is 0 Å². The molecule has 8 nitrogen and oxygen atoms in total. The molecule has 1 aliphatic rings. The highest BCUT2D eigenvalue weighted by Gasteiger charge is 2.24. The summed E-state index contributed by atoms with van der Waals surface area (Å²) in [4.78, 5) is 5.67. The number of halogens is 1. The average molecular weight is 478 g/mol. The molecule has 1 atom stereocenters. The summed E-state index contributed by atoms with van der Waals surface area (Å²) in [5.41, 5.74) is 3.64. The Balaban J connectivity index is 1.59. The molecule has 0 saturated carbocycles. The highest BCUT2D eigenvalue weighted by Crippen LogP contribution is 2.35. The molecule has 11 heteroatoms. The summed E-state index contributed by atoms with van der Waals surface area (Å²) in [6.07, 6.45) is 1.01. The van der Waals surface area contributed by atoms with Crippen molar-refractivity contribution >= 4 is 44.2 Å². The van der Waals surface area contributed by atoms with Crippen molar-refractivity contribution < 1.29 is 17.5 Å². The van der Waals surface area contributed by atoms with Gasteiger partial charge in [0.2, 0.25) is 0 Å². The number of nitrogens with one attached hydrogen (secondary N) is 3. The molecule has 0 spiro atoms. The first-order chi connectivity index (χ1) is 15.4. The molecule has 0 aliphatic carbocycles. The lowest BCUT2D eigenvalue weighted by Gasteiger charge is -2.23. The Hall–Kier alpha value is -2.89. The van der Waals surface area contributed by atoms with Gasteiger partial charge in [-0.3, -0.25) is 4.72 Å². The first-order valence-electron chi connectivity index (χ1n) is 9.97. The summed E-state index contributed by atoms with van der Waals surface area (Å²) < 4.78 is 47.5. The molecule has 2 aromatic carbocycles. The molecule has 3 aromatic rings. The van der Waals surface area contributed by atoms with Gasteiger partial charge in [0.15, 0.2) is 5.82 Å². The second-order valence-corrected chi connectivity index (χ2v) is 9.72. The van der Waals surface area contributed by atoms with E-state index < -0.39 is 20.7 Å². The van der Waals surface area contributed by atoms with Gasteiger partial charge in [0.1, 0.15) is 16.5 Å². The number of hydrogen-bond donors (Lipinski definition) is 3. The van der Waals surface area contributed by atoms with E-state index in [-0.39, 0.29) is 5.82 Å². The van der Waals surface area contributed by atoms with Crippen molar-refractivity contribution in [2.75, 3.05) is 42.2 Å². The lowest BCUT2D eigenvalue weighted by molar-refractivity contribution is 0.415. The summed E-state index contributed by atoms with van der Waals surface area (Å²) in [5.74, 6) is 0.0216. The number of benzene rings is 2. The fourth-order valence-corrected chi connectivity index (χ4v) is 5.25. The van der Waals surface area contributed by atoms with Crippen LogP contribution in [0.15, 0.2) is 52.2 Å². The molecule has 1 fully saturated rings. The van der Waals surface area contributed by atoms with E-state index in [1.807, 2.05) is 25.2 Å². The molecule has 1 aliphatic heterocycles. The first kappa shape index (κ1) is 22.3. The fourth-order valence-electron chi connectivity index (χ4n) is 3.63. The van der Waals surface area contributed by atoms with E-state index in [1.54, 1.807) is 7.11 Å². The Labute approximate surface area is 190 Å². The van der Waals surface area contributed by atoms with E-state index in [9.17, 15) is 12.8 Å².